The fourth-order valence-electron chi connectivity index (χ4n) is 2.38. The quantitative estimate of drug-likeness (QED) is 0.895. The highest BCUT2D eigenvalue weighted by atomic mass is 32.1. The Hall–Kier alpha value is -2.28. The van der Waals surface area contributed by atoms with Crippen molar-refractivity contribution in [2.24, 2.45) is 0 Å². The predicted molar refractivity (Wildman–Crippen MR) is 77.7 cm³/mol. The number of hydrogen-bond acceptors (Lipinski definition) is 5. The van der Waals surface area contributed by atoms with Crippen LogP contribution < -0.4 is 10.6 Å². The Morgan fingerprint density at radius 1 is 1.43 bits per heavy atom. The van der Waals surface area contributed by atoms with Gasteiger partial charge in [-0.2, -0.15) is 11.3 Å². The average Bonchev–Trinajstić information content (AvgIpc) is 3.04. The maximum absolute atomic E-state index is 12.2. The minimum atomic E-state index is -0.274. The van der Waals surface area contributed by atoms with Crippen LogP contribution in [0.25, 0.3) is 0 Å². The van der Waals surface area contributed by atoms with Gasteiger partial charge >= 0.3 is 0 Å². The van der Waals surface area contributed by atoms with Gasteiger partial charge in [-0.1, -0.05) is 0 Å². The number of nitrogens with zero attached hydrogens (tertiary/aromatic N) is 2. The first-order valence-corrected chi connectivity index (χ1v) is 7.56. The Kier molecular flexibility index (Phi) is 3.92. The Bertz CT molecular complexity index is 630. The fraction of sp³-hybridized carbons (Fsp3) is 0.286. The van der Waals surface area contributed by atoms with E-state index in [4.69, 9.17) is 0 Å². The van der Waals surface area contributed by atoms with E-state index in [0.717, 1.165) is 5.56 Å². The molecule has 2 amide bonds. The largest absolute Gasteiger partial charge is 0.347 e. The molecule has 2 atom stereocenters. The molecule has 0 unspecified atom stereocenters. The molecule has 0 bridgehead atoms. The molecule has 21 heavy (non-hydrogen) atoms. The number of aromatic nitrogens is 2. The summed E-state index contributed by atoms with van der Waals surface area (Å²) in [6.45, 7) is 0. The zero-order valence-electron chi connectivity index (χ0n) is 11.2. The second-order valence-corrected chi connectivity index (χ2v) is 5.59. The molecule has 0 spiro atoms. The summed E-state index contributed by atoms with van der Waals surface area (Å²) in [6.07, 6.45) is 5.44. The molecule has 2 aromatic heterocycles. The van der Waals surface area contributed by atoms with Crippen LogP contribution in [0.4, 0.5) is 0 Å². The van der Waals surface area contributed by atoms with Crippen molar-refractivity contribution in [3.63, 3.8) is 0 Å². The number of nitrogens with one attached hydrogen (secondary N) is 2. The van der Waals surface area contributed by atoms with Gasteiger partial charge in [0.05, 0.1) is 18.3 Å². The van der Waals surface area contributed by atoms with Crippen LogP contribution in [0.15, 0.2) is 35.4 Å². The minimum absolute atomic E-state index is 0.0104. The number of thiophene rings is 1. The average molecular weight is 302 g/mol. The molecule has 1 saturated heterocycles. The first-order chi connectivity index (χ1) is 10.2. The second-order valence-electron chi connectivity index (χ2n) is 4.81. The number of carbonyl (C=O) groups excluding carboxylic acids is 2. The van der Waals surface area contributed by atoms with Gasteiger partial charge in [-0.05, 0) is 28.8 Å². The highest BCUT2D eigenvalue weighted by molar-refractivity contribution is 7.08. The van der Waals surface area contributed by atoms with Crippen LogP contribution in [-0.4, -0.2) is 27.8 Å². The van der Waals surface area contributed by atoms with E-state index in [1.54, 1.807) is 11.3 Å². The molecule has 0 aromatic carbocycles. The van der Waals surface area contributed by atoms with Gasteiger partial charge in [0.15, 0.2) is 0 Å². The van der Waals surface area contributed by atoms with Gasteiger partial charge in [0.2, 0.25) is 5.91 Å². The summed E-state index contributed by atoms with van der Waals surface area (Å²) in [7, 11) is 0. The number of rotatable bonds is 3. The number of hydrogen-bond donors (Lipinski definition) is 2. The molecule has 0 saturated carbocycles. The van der Waals surface area contributed by atoms with Crippen molar-refractivity contribution in [1.82, 2.24) is 20.6 Å². The van der Waals surface area contributed by atoms with E-state index in [1.165, 1.54) is 18.6 Å². The van der Waals surface area contributed by atoms with Crippen LogP contribution >= 0.6 is 11.3 Å². The number of piperidine rings is 1. The first kappa shape index (κ1) is 13.7. The number of carbonyl (C=O) groups is 2. The Balaban J connectivity index is 1.76. The van der Waals surface area contributed by atoms with E-state index in [0.29, 0.717) is 12.8 Å². The Morgan fingerprint density at radius 3 is 3.05 bits per heavy atom. The third-order valence-electron chi connectivity index (χ3n) is 3.42. The third kappa shape index (κ3) is 3.08. The van der Waals surface area contributed by atoms with Crippen molar-refractivity contribution in [2.75, 3.05) is 0 Å². The van der Waals surface area contributed by atoms with Gasteiger partial charge in [-0.15, -0.1) is 0 Å². The number of amides is 2. The van der Waals surface area contributed by atoms with Gasteiger partial charge in [0.25, 0.3) is 5.91 Å². The Morgan fingerprint density at radius 2 is 2.33 bits per heavy atom. The van der Waals surface area contributed by atoms with E-state index < -0.39 is 0 Å². The second kappa shape index (κ2) is 6.01. The molecule has 1 aliphatic heterocycles. The normalized spacial score (nSPS) is 21.6. The molecule has 3 heterocycles. The van der Waals surface area contributed by atoms with Crippen LogP contribution in [0, 0.1) is 0 Å². The van der Waals surface area contributed by atoms with Crippen molar-refractivity contribution < 1.29 is 9.59 Å². The molecule has 1 fully saturated rings. The van der Waals surface area contributed by atoms with Crippen molar-refractivity contribution in [3.05, 3.63) is 46.7 Å². The lowest BCUT2D eigenvalue weighted by Gasteiger charge is -2.32. The molecule has 0 radical (unpaired) electrons. The molecular formula is C14H14N4O2S. The monoisotopic (exact) mass is 302 g/mol. The van der Waals surface area contributed by atoms with Crippen molar-refractivity contribution >= 4 is 23.2 Å². The summed E-state index contributed by atoms with van der Waals surface area (Å²) >= 11 is 1.57. The zero-order valence-corrected chi connectivity index (χ0v) is 12.0. The summed E-state index contributed by atoms with van der Waals surface area (Å²) in [5, 5.41) is 9.83. The molecule has 2 aromatic rings. The molecular weight excluding hydrogens is 288 g/mol. The smallest absolute Gasteiger partial charge is 0.271 e. The van der Waals surface area contributed by atoms with E-state index >= 15 is 0 Å². The fourth-order valence-corrected chi connectivity index (χ4v) is 3.08. The van der Waals surface area contributed by atoms with Crippen LogP contribution in [0.3, 0.4) is 0 Å². The van der Waals surface area contributed by atoms with E-state index in [2.05, 4.69) is 20.6 Å². The summed E-state index contributed by atoms with van der Waals surface area (Å²) in [6, 6.07) is 1.62. The summed E-state index contributed by atoms with van der Waals surface area (Å²) in [5.74, 6) is -0.263. The topological polar surface area (TPSA) is 84.0 Å². The van der Waals surface area contributed by atoms with Gasteiger partial charge in [0.1, 0.15) is 5.69 Å². The van der Waals surface area contributed by atoms with E-state index in [9.17, 15) is 9.59 Å². The van der Waals surface area contributed by atoms with Gasteiger partial charge in [-0.25, -0.2) is 4.98 Å². The van der Waals surface area contributed by atoms with Crippen molar-refractivity contribution in [1.29, 1.82) is 0 Å². The standard InChI is InChI=1S/C14H14N4O2S/c19-12-2-1-10(13(18-12)9-3-6-21-8-9)17-14(20)11-7-15-4-5-16-11/h3-8,10,13H,1-2H2,(H,17,20)(H,18,19)/t10-,13+/m1/s1. The zero-order chi connectivity index (χ0) is 14.7. The maximum Gasteiger partial charge on any atom is 0.271 e. The van der Waals surface area contributed by atoms with Crippen LogP contribution in [0.2, 0.25) is 0 Å². The lowest BCUT2D eigenvalue weighted by atomic mass is 9.93. The van der Waals surface area contributed by atoms with Crippen LogP contribution in [-0.2, 0) is 4.79 Å². The van der Waals surface area contributed by atoms with Crippen molar-refractivity contribution in [2.45, 2.75) is 24.9 Å². The lowest BCUT2D eigenvalue weighted by molar-refractivity contribution is -0.123. The van der Waals surface area contributed by atoms with Crippen LogP contribution in [0.5, 0.6) is 0 Å². The van der Waals surface area contributed by atoms with Crippen molar-refractivity contribution in [3.8, 4) is 0 Å². The first-order valence-electron chi connectivity index (χ1n) is 6.62. The Labute approximate surface area is 125 Å². The molecule has 7 heteroatoms. The van der Waals surface area contributed by atoms with E-state index in [-0.39, 0.29) is 29.6 Å². The molecule has 0 aliphatic carbocycles. The summed E-state index contributed by atoms with van der Waals surface area (Å²) in [4.78, 5) is 31.7. The van der Waals surface area contributed by atoms with Crippen LogP contribution in [0.1, 0.15) is 34.9 Å². The summed E-state index contributed by atoms with van der Waals surface area (Å²) in [5.41, 5.74) is 1.29. The lowest BCUT2D eigenvalue weighted by Crippen LogP contribution is -2.50. The maximum atomic E-state index is 12.2. The highest BCUT2D eigenvalue weighted by Gasteiger charge is 2.31. The minimum Gasteiger partial charge on any atom is -0.347 e. The van der Waals surface area contributed by atoms with Gasteiger partial charge < -0.3 is 10.6 Å². The third-order valence-corrected chi connectivity index (χ3v) is 4.12. The molecule has 2 N–H and O–H groups in total. The van der Waals surface area contributed by atoms with Gasteiger partial charge in [0, 0.05) is 18.8 Å². The highest BCUT2D eigenvalue weighted by Crippen LogP contribution is 2.26. The SMILES string of the molecule is O=C1CC[C@@H](NC(=O)c2cnccn2)[C@H](c2ccsc2)N1. The summed E-state index contributed by atoms with van der Waals surface area (Å²) < 4.78 is 0. The molecule has 6 nitrogen and oxygen atoms in total. The van der Waals surface area contributed by atoms with Gasteiger partial charge in [-0.3, -0.25) is 14.6 Å². The molecule has 108 valence electrons. The predicted octanol–water partition coefficient (Wildman–Crippen LogP) is 1.29. The van der Waals surface area contributed by atoms with E-state index in [1.807, 2.05) is 16.8 Å². The molecule has 1 aliphatic rings. The molecule has 3 rings (SSSR count).